The Balaban J connectivity index is 2.02. The molecule has 80 valence electrons. The molecule has 1 aliphatic rings. The first kappa shape index (κ1) is 9.96. The largest absolute Gasteiger partial charge is 0.387 e. The van der Waals surface area contributed by atoms with E-state index in [2.05, 4.69) is 15.6 Å². The fraction of sp³-hybridized carbons (Fsp3) is 0.455. The van der Waals surface area contributed by atoms with E-state index in [0.717, 1.165) is 12.2 Å². The van der Waals surface area contributed by atoms with Crippen LogP contribution in [0.3, 0.4) is 0 Å². The van der Waals surface area contributed by atoms with E-state index < -0.39 is 0 Å². The number of anilines is 1. The van der Waals surface area contributed by atoms with Crippen LogP contribution in [-0.4, -0.2) is 24.5 Å². The van der Waals surface area contributed by atoms with Crippen LogP contribution >= 0.6 is 0 Å². The molecule has 4 heteroatoms. The van der Waals surface area contributed by atoms with Crippen molar-refractivity contribution in [3.8, 4) is 0 Å². The van der Waals surface area contributed by atoms with Crippen molar-refractivity contribution in [2.24, 2.45) is 5.92 Å². The summed E-state index contributed by atoms with van der Waals surface area (Å²) in [5.74, 6) is 0.656. The van der Waals surface area contributed by atoms with Crippen LogP contribution in [0.15, 0.2) is 18.5 Å². The Kier molecular flexibility index (Phi) is 2.85. The zero-order chi connectivity index (χ0) is 10.7. The highest BCUT2D eigenvalue weighted by Crippen LogP contribution is 2.27. The average Bonchev–Trinajstić information content (AvgIpc) is 3.09. The number of carbonyl (C=O) groups is 1. The number of hydrogen-bond acceptors (Lipinski definition) is 3. The molecule has 15 heavy (non-hydrogen) atoms. The zero-order valence-corrected chi connectivity index (χ0v) is 8.79. The summed E-state index contributed by atoms with van der Waals surface area (Å²) >= 11 is 0. The van der Waals surface area contributed by atoms with Crippen molar-refractivity contribution in [2.45, 2.75) is 12.8 Å². The number of carbonyl (C=O) groups excluding carboxylic acids is 1. The normalized spacial score (nSPS) is 14.7. The van der Waals surface area contributed by atoms with Gasteiger partial charge in [0.05, 0.1) is 5.56 Å². The van der Waals surface area contributed by atoms with E-state index in [0.29, 0.717) is 11.5 Å². The van der Waals surface area contributed by atoms with Gasteiger partial charge in [-0.3, -0.25) is 9.78 Å². The fourth-order valence-corrected chi connectivity index (χ4v) is 1.45. The second-order valence-electron chi connectivity index (χ2n) is 3.82. The molecule has 1 amide bonds. The molecule has 0 saturated heterocycles. The van der Waals surface area contributed by atoms with E-state index in [9.17, 15) is 4.79 Å². The number of amides is 1. The van der Waals surface area contributed by atoms with Gasteiger partial charge in [-0.1, -0.05) is 0 Å². The van der Waals surface area contributed by atoms with Crippen molar-refractivity contribution in [1.29, 1.82) is 0 Å². The molecule has 1 aromatic heterocycles. The quantitative estimate of drug-likeness (QED) is 0.778. The summed E-state index contributed by atoms with van der Waals surface area (Å²) in [6, 6.07) is 1.80. The summed E-state index contributed by atoms with van der Waals surface area (Å²) in [7, 11) is 1.80. The smallest absolute Gasteiger partial charge is 0.254 e. The number of nitrogens with one attached hydrogen (secondary N) is 2. The molecule has 2 rings (SSSR count). The van der Waals surface area contributed by atoms with Crippen molar-refractivity contribution >= 4 is 11.6 Å². The molecule has 0 unspecified atom stereocenters. The monoisotopic (exact) mass is 205 g/mol. The van der Waals surface area contributed by atoms with E-state index in [4.69, 9.17) is 0 Å². The van der Waals surface area contributed by atoms with Crippen molar-refractivity contribution < 1.29 is 4.79 Å². The summed E-state index contributed by atoms with van der Waals surface area (Å²) < 4.78 is 0. The molecule has 1 saturated carbocycles. The van der Waals surface area contributed by atoms with Gasteiger partial charge in [-0.05, 0) is 24.8 Å². The molecular weight excluding hydrogens is 190 g/mol. The summed E-state index contributed by atoms with van der Waals surface area (Å²) in [5.41, 5.74) is 1.43. The summed E-state index contributed by atoms with van der Waals surface area (Å²) in [5, 5.41) is 5.90. The fourth-order valence-electron chi connectivity index (χ4n) is 1.45. The lowest BCUT2D eigenvalue weighted by molar-refractivity contribution is 0.0952. The summed E-state index contributed by atoms with van der Waals surface area (Å²) in [6.07, 6.45) is 5.75. The molecule has 0 aliphatic heterocycles. The molecule has 0 aromatic carbocycles. The van der Waals surface area contributed by atoms with E-state index in [1.807, 2.05) is 0 Å². The van der Waals surface area contributed by atoms with Crippen LogP contribution in [0.5, 0.6) is 0 Å². The second-order valence-corrected chi connectivity index (χ2v) is 3.82. The molecule has 1 heterocycles. The summed E-state index contributed by atoms with van der Waals surface area (Å²) in [4.78, 5) is 15.7. The van der Waals surface area contributed by atoms with Gasteiger partial charge >= 0.3 is 0 Å². The molecule has 1 aromatic rings. The minimum absolute atomic E-state index is 0.0423. The molecule has 1 aliphatic carbocycles. The first-order valence-electron chi connectivity index (χ1n) is 5.21. The second kappa shape index (κ2) is 4.29. The number of hydrogen-bond donors (Lipinski definition) is 2. The highest BCUT2D eigenvalue weighted by molar-refractivity contribution is 5.99. The molecule has 0 spiro atoms. The predicted octanol–water partition coefficient (Wildman–Crippen LogP) is 1.26. The van der Waals surface area contributed by atoms with Crippen molar-refractivity contribution in [3.63, 3.8) is 0 Å². The van der Waals surface area contributed by atoms with E-state index in [1.54, 1.807) is 25.5 Å². The Morgan fingerprint density at radius 3 is 3.07 bits per heavy atom. The van der Waals surface area contributed by atoms with Crippen LogP contribution in [0.4, 0.5) is 5.69 Å². The molecule has 0 radical (unpaired) electrons. The van der Waals surface area contributed by atoms with Gasteiger partial charge in [-0.25, -0.2) is 0 Å². The van der Waals surface area contributed by atoms with E-state index in [1.165, 1.54) is 12.8 Å². The maximum Gasteiger partial charge on any atom is 0.254 e. The topological polar surface area (TPSA) is 54.0 Å². The Hall–Kier alpha value is -1.58. The zero-order valence-electron chi connectivity index (χ0n) is 8.79. The van der Waals surface area contributed by atoms with Crippen LogP contribution in [-0.2, 0) is 0 Å². The Morgan fingerprint density at radius 1 is 1.60 bits per heavy atom. The Morgan fingerprint density at radius 2 is 2.40 bits per heavy atom. The molecule has 4 nitrogen and oxygen atoms in total. The molecule has 2 N–H and O–H groups in total. The van der Waals surface area contributed by atoms with Crippen LogP contribution in [0, 0.1) is 5.92 Å². The number of rotatable bonds is 4. The van der Waals surface area contributed by atoms with Crippen LogP contribution < -0.4 is 10.6 Å². The van der Waals surface area contributed by atoms with E-state index >= 15 is 0 Å². The number of pyridine rings is 1. The SMILES string of the molecule is CNc1ccncc1C(=O)NCC1CC1. The first-order chi connectivity index (χ1) is 7.31. The number of aromatic nitrogens is 1. The Labute approximate surface area is 89.1 Å². The molecule has 0 bridgehead atoms. The van der Waals surface area contributed by atoms with Gasteiger partial charge in [-0.2, -0.15) is 0 Å². The summed E-state index contributed by atoms with van der Waals surface area (Å²) in [6.45, 7) is 0.789. The maximum atomic E-state index is 11.8. The maximum absolute atomic E-state index is 11.8. The minimum atomic E-state index is -0.0423. The van der Waals surface area contributed by atoms with Gasteiger partial charge in [0.2, 0.25) is 0 Å². The molecular formula is C11H15N3O. The van der Waals surface area contributed by atoms with Gasteiger partial charge in [-0.15, -0.1) is 0 Å². The highest BCUT2D eigenvalue weighted by atomic mass is 16.1. The van der Waals surface area contributed by atoms with Crippen LogP contribution in [0.1, 0.15) is 23.2 Å². The van der Waals surface area contributed by atoms with Crippen molar-refractivity contribution in [2.75, 3.05) is 18.9 Å². The highest BCUT2D eigenvalue weighted by Gasteiger charge is 2.22. The number of nitrogens with zero attached hydrogens (tertiary/aromatic N) is 1. The third-order valence-corrected chi connectivity index (χ3v) is 2.58. The van der Waals surface area contributed by atoms with Gasteiger partial charge < -0.3 is 10.6 Å². The average molecular weight is 205 g/mol. The van der Waals surface area contributed by atoms with E-state index in [-0.39, 0.29) is 5.91 Å². The van der Waals surface area contributed by atoms with Crippen LogP contribution in [0.2, 0.25) is 0 Å². The predicted molar refractivity (Wildman–Crippen MR) is 58.8 cm³/mol. The van der Waals surface area contributed by atoms with Gasteiger partial charge in [0.15, 0.2) is 0 Å². The standard InChI is InChI=1S/C11H15N3O/c1-12-10-4-5-13-7-9(10)11(15)14-6-8-2-3-8/h4-5,7-8H,2-3,6H2,1H3,(H,12,13)(H,14,15). The third-order valence-electron chi connectivity index (χ3n) is 2.58. The lowest BCUT2D eigenvalue weighted by Gasteiger charge is -2.08. The molecule has 1 fully saturated rings. The minimum Gasteiger partial charge on any atom is -0.387 e. The molecule has 0 atom stereocenters. The lowest BCUT2D eigenvalue weighted by atomic mass is 10.2. The Bertz CT molecular complexity index is 361. The first-order valence-corrected chi connectivity index (χ1v) is 5.21. The lowest BCUT2D eigenvalue weighted by Crippen LogP contribution is -2.26. The van der Waals surface area contributed by atoms with Crippen LogP contribution in [0.25, 0.3) is 0 Å². The van der Waals surface area contributed by atoms with Gasteiger partial charge in [0.1, 0.15) is 0 Å². The van der Waals surface area contributed by atoms with Gasteiger partial charge in [0, 0.05) is 31.7 Å². The van der Waals surface area contributed by atoms with Crippen molar-refractivity contribution in [3.05, 3.63) is 24.0 Å². The van der Waals surface area contributed by atoms with Crippen molar-refractivity contribution in [1.82, 2.24) is 10.3 Å². The van der Waals surface area contributed by atoms with Gasteiger partial charge in [0.25, 0.3) is 5.91 Å². The third kappa shape index (κ3) is 2.46.